The predicted molar refractivity (Wildman–Crippen MR) is 125 cm³/mol. The number of halogens is 2. The first kappa shape index (κ1) is 20.9. The maximum absolute atomic E-state index is 14.7. The van der Waals surface area contributed by atoms with Gasteiger partial charge in [-0.25, -0.2) is 8.78 Å². The third kappa shape index (κ3) is 3.27. The number of hydrogen-bond donors (Lipinski definition) is 1. The Kier molecular flexibility index (Phi) is 4.88. The van der Waals surface area contributed by atoms with Gasteiger partial charge in [0.1, 0.15) is 23.8 Å². The van der Waals surface area contributed by atoms with E-state index in [1.165, 1.54) is 13.2 Å². The van der Waals surface area contributed by atoms with Crippen LogP contribution in [0, 0.1) is 11.6 Å². The quantitative estimate of drug-likeness (QED) is 0.494. The predicted octanol–water partition coefficient (Wildman–Crippen LogP) is 4.09. The highest BCUT2D eigenvalue weighted by atomic mass is 19.2. The van der Waals surface area contributed by atoms with Crippen LogP contribution >= 0.6 is 0 Å². The van der Waals surface area contributed by atoms with Crippen molar-refractivity contribution in [2.45, 2.75) is 6.04 Å². The van der Waals surface area contributed by atoms with Crippen LogP contribution in [0.3, 0.4) is 0 Å². The lowest BCUT2D eigenvalue weighted by atomic mass is 10.0. The number of methoxy groups -OCH3 is 1. The van der Waals surface area contributed by atoms with E-state index in [2.05, 4.69) is 38.1 Å². The number of aromatic nitrogens is 3. The number of likely N-dealkylation sites (N-methyl/N-ethyl adjacent to an activating group) is 1. The average molecular weight is 463 g/mol. The summed E-state index contributed by atoms with van der Waals surface area (Å²) in [4.78, 5) is 9.05. The van der Waals surface area contributed by atoms with Gasteiger partial charge < -0.3 is 19.3 Å². The van der Waals surface area contributed by atoms with Crippen molar-refractivity contribution in [1.29, 1.82) is 0 Å². The minimum atomic E-state index is -1.000. The van der Waals surface area contributed by atoms with E-state index in [-0.39, 0.29) is 17.0 Å². The van der Waals surface area contributed by atoms with Crippen molar-refractivity contribution in [3.05, 3.63) is 54.2 Å². The van der Waals surface area contributed by atoms with Gasteiger partial charge in [0.15, 0.2) is 11.6 Å². The summed E-state index contributed by atoms with van der Waals surface area (Å²) in [5.41, 5.74) is 3.56. The molecule has 1 atom stereocenters. The molecule has 0 amide bonds. The molecule has 6 rings (SSSR count). The highest BCUT2D eigenvalue weighted by Gasteiger charge is 2.32. The topological polar surface area (TPSA) is 66.5 Å². The first-order chi connectivity index (χ1) is 16.5. The molecule has 0 bridgehead atoms. The third-order valence-corrected chi connectivity index (χ3v) is 6.64. The molecule has 0 saturated carbocycles. The summed E-state index contributed by atoms with van der Waals surface area (Å²) in [6.07, 6.45) is 1.56. The Balaban J connectivity index is 1.42. The Morgan fingerprint density at radius 2 is 2.03 bits per heavy atom. The summed E-state index contributed by atoms with van der Waals surface area (Å²) < 4.78 is 40.1. The van der Waals surface area contributed by atoms with E-state index in [0.29, 0.717) is 23.9 Å². The van der Waals surface area contributed by atoms with Crippen LogP contribution in [-0.4, -0.2) is 66.5 Å². The third-order valence-electron chi connectivity index (χ3n) is 6.64. The molecule has 4 heterocycles. The second-order valence-electron chi connectivity index (χ2n) is 8.73. The van der Waals surface area contributed by atoms with Gasteiger partial charge in [0.2, 0.25) is 0 Å². The summed E-state index contributed by atoms with van der Waals surface area (Å²) in [7, 11) is 3.54. The molecule has 7 nitrogen and oxygen atoms in total. The van der Waals surface area contributed by atoms with Gasteiger partial charge in [0.25, 0.3) is 0 Å². The molecule has 2 aromatic heterocycles. The number of fused-ring (bicyclic) bond motifs is 4. The largest absolute Gasteiger partial charge is 0.496 e. The van der Waals surface area contributed by atoms with Gasteiger partial charge in [0, 0.05) is 30.6 Å². The van der Waals surface area contributed by atoms with Crippen molar-refractivity contribution < 1.29 is 18.3 Å². The molecular formula is C25H23F2N5O2. The standard InChI is InChI=1S/C25H23F2N5O2/c1-31-7-8-32-15(12-31)13-34-22-9-14(3-5-20(22)32)25-16-10-18(28-11-19(16)29-30-25)23-21(33-2)6-4-17(26)24(23)27/h3-6,9-11,15H,7-8,12-13H2,1-2H3,(H,29,30). The number of H-pyrrole nitrogens is 1. The monoisotopic (exact) mass is 463 g/mol. The van der Waals surface area contributed by atoms with Crippen LogP contribution in [0.1, 0.15) is 0 Å². The number of nitrogens with zero attached hydrogens (tertiary/aromatic N) is 4. The number of aromatic amines is 1. The molecule has 34 heavy (non-hydrogen) atoms. The van der Waals surface area contributed by atoms with Crippen LogP contribution in [0.2, 0.25) is 0 Å². The highest BCUT2D eigenvalue weighted by Crippen LogP contribution is 2.40. The molecule has 2 aromatic carbocycles. The Labute approximate surface area is 194 Å². The lowest BCUT2D eigenvalue weighted by Gasteiger charge is -2.44. The summed E-state index contributed by atoms with van der Waals surface area (Å²) >= 11 is 0. The molecule has 1 fully saturated rings. The molecule has 2 aliphatic heterocycles. The smallest absolute Gasteiger partial charge is 0.171 e. The molecule has 1 unspecified atom stereocenters. The van der Waals surface area contributed by atoms with Gasteiger partial charge >= 0.3 is 0 Å². The minimum Gasteiger partial charge on any atom is -0.496 e. The molecular weight excluding hydrogens is 440 g/mol. The highest BCUT2D eigenvalue weighted by molar-refractivity contribution is 5.95. The molecule has 1 N–H and O–H groups in total. The number of hydrogen-bond acceptors (Lipinski definition) is 6. The van der Waals surface area contributed by atoms with Gasteiger partial charge in [0.05, 0.1) is 41.8 Å². The Morgan fingerprint density at radius 3 is 2.88 bits per heavy atom. The first-order valence-corrected chi connectivity index (χ1v) is 11.1. The van der Waals surface area contributed by atoms with Gasteiger partial charge in [-0.05, 0) is 37.4 Å². The zero-order valence-corrected chi connectivity index (χ0v) is 18.8. The van der Waals surface area contributed by atoms with E-state index in [9.17, 15) is 8.78 Å². The fourth-order valence-electron chi connectivity index (χ4n) is 4.89. The van der Waals surface area contributed by atoms with E-state index in [1.807, 2.05) is 12.1 Å². The zero-order valence-electron chi connectivity index (χ0n) is 18.8. The molecule has 1 saturated heterocycles. The fourth-order valence-corrected chi connectivity index (χ4v) is 4.89. The van der Waals surface area contributed by atoms with Gasteiger partial charge in [-0.15, -0.1) is 0 Å². The van der Waals surface area contributed by atoms with Crippen molar-refractivity contribution in [3.63, 3.8) is 0 Å². The molecule has 0 aliphatic carbocycles. The number of nitrogens with one attached hydrogen (secondary N) is 1. The SMILES string of the molecule is COc1ccc(F)c(F)c1-c1cc2c(-c3ccc4c(c3)OCC3CN(C)CCN43)n[nH]c2cn1. The zero-order chi connectivity index (χ0) is 23.4. The lowest BCUT2D eigenvalue weighted by molar-refractivity contribution is 0.188. The van der Waals surface area contributed by atoms with Crippen molar-refractivity contribution in [2.24, 2.45) is 0 Å². The van der Waals surface area contributed by atoms with Gasteiger partial charge in [-0.2, -0.15) is 5.10 Å². The molecule has 2 aliphatic rings. The van der Waals surface area contributed by atoms with Crippen molar-refractivity contribution in [1.82, 2.24) is 20.1 Å². The number of piperazine rings is 1. The van der Waals surface area contributed by atoms with Crippen LogP contribution in [0.4, 0.5) is 14.5 Å². The molecule has 9 heteroatoms. The Morgan fingerprint density at radius 1 is 1.15 bits per heavy atom. The van der Waals surface area contributed by atoms with E-state index >= 15 is 0 Å². The van der Waals surface area contributed by atoms with Crippen LogP contribution in [-0.2, 0) is 0 Å². The summed E-state index contributed by atoms with van der Waals surface area (Å²) in [6, 6.07) is 10.5. The number of anilines is 1. The van der Waals surface area contributed by atoms with Crippen molar-refractivity contribution >= 4 is 16.6 Å². The summed E-state index contributed by atoms with van der Waals surface area (Å²) in [5.74, 6) is -0.930. The maximum atomic E-state index is 14.7. The van der Waals surface area contributed by atoms with Gasteiger partial charge in [-0.1, -0.05) is 6.07 Å². The van der Waals surface area contributed by atoms with Crippen LogP contribution in [0.15, 0.2) is 42.6 Å². The Bertz CT molecular complexity index is 1410. The second-order valence-corrected chi connectivity index (χ2v) is 8.73. The van der Waals surface area contributed by atoms with E-state index in [1.54, 1.807) is 12.3 Å². The average Bonchev–Trinajstić information content (AvgIpc) is 3.28. The molecule has 174 valence electrons. The normalized spacial score (nSPS) is 17.9. The van der Waals surface area contributed by atoms with Crippen LogP contribution in [0.5, 0.6) is 11.5 Å². The lowest BCUT2D eigenvalue weighted by Crippen LogP contribution is -2.56. The van der Waals surface area contributed by atoms with Crippen LogP contribution in [0.25, 0.3) is 33.4 Å². The minimum absolute atomic E-state index is 0.0218. The number of pyridine rings is 1. The number of rotatable bonds is 3. The van der Waals surface area contributed by atoms with Crippen molar-refractivity contribution in [3.8, 4) is 34.0 Å². The van der Waals surface area contributed by atoms with E-state index in [0.717, 1.165) is 48.1 Å². The first-order valence-electron chi connectivity index (χ1n) is 11.1. The fraction of sp³-hybridized carbons (Fsp3) is 0.280. The van der Waals surface area contributed by atoms with Crippen molar-refractivity contribution in [2.75, 3.05) is 45.3 Å². The van der Waals surface area contributed by atoms with E-state index in [4.69, 9.17) is 9.47 Å². The summed E-state index contributed by atoms with van der Waals surface area (Å²) in [5, 5.41) is 8.20. The molecule has 4 aromatic rings. The maximum Gasteiger partial charge on any atom is 0.171 e. The number of benzene rings is 2. The van der Waals surface area contributed by atoms with Crippen LogP contribution < -0.4 is 14.4 Å². The molecule has 0 radical (unpaired) electrons. The summed E-state index contributed by atoms with van der Waals surface area (Å²) in [6.45, 7) is 3.58. The Hall–Kier alpha value is -3.72. The second kappa shape index (κ2) is 7.95. The number of ether oxygens (including phenoxy) is 2. The van der Waals surface area contributed by atoms with E-state index < -0.39 is 11.6 Å². The molecule has 0 spiro atoms. The van der Waals surface area contributed by atoms with Gasteiger partial charge in [-0.3, -0.25) is 10.1 Å².